The van der Waals surface area contributed by atoms with E-state index in [4.69, 9.17) is 4.74 Å². The van der Waals surface area contributed by atoms with Crippen molar-refractivity contribution in [2.24, 2.45) is 23.7 Å². The van der Waals surface area contributed by atoms with Crippen molar-refractivity contribution in [3.8, 4) is 0 Å². The molecule has 2 aliphatic rings. The first-order valence-corrected chi connectivity index (χ1v) is 6.29. The van der Waals surface area contributed by atoms with Crippen LogP contribution >= 0.6 is 0 Å². The highest BCUT2D eigenvalue weighted by molar-refractivity contribution is 5.83. The molecule has 0 aromatic carbocycles. The van der Waals surface area contributed by atoms with E-state index < -0.39 is 0 Å². The number of ether oxygens (including phenoxy) is 1. The average molecular weight is 210 g/mol. The van der Waals surface area contributed by atoms with E-state index in [1.165, 1.54) is 12.8 Å². The summed E-state index contributed by atoms with van der Waals surface area (Å²) in [6, 6.07) is 0. The maximum absolute atomic E-state index is 12.0. The normalized spacial score (nSPS) is 45.5. The van der Waals surface area contributed by atoms with E-state index in [1.54, 1.807) is 0 Å². The summed E-state index contributed by atoms with van der Waals surface area (Å²) in [5.74, 6) is 2.57. The van der Waals surface area contributed by atoms with E-state index in [9.17, 15) is 4.79 Å². The van der Waals surface area contributed by atoms with Gasteiger partial charge in [0, 0.05) is 18.9 Å². The second kappa shape index (κ2) is 4.25. The van der Waals surface area contributed by atoms with E-state index in [0.717, 1.165) is 6.61 Å². The Labute approximate surface area is 92.4 Å². The quantitative estimate of drug-likeness (QED) is 0.700. The average Bonchev–Trinajstić information content (AvgIpc) is 2.57. The zero-order chi connectivity index (χ0) is 11.0. The summed E-state index contributed by atoms with van der Waals surface area (Å²) in [6.07, 6.45) is 3.29. The van der Waals surface area contributed by atoms with Gasteiger partial charge in [0.15, 0.2) is 0 Å². The summed E-state index contributed by atoms with van der Waals surface area (Å²) >= 11 is 0. The predicted molar refractivity (Wildman–Crippen MR) is 59.6 cm³/mol. The molecule has 2 heteroatoms. The molecule has 0 saturated heterocycles. The van der Waals surface area contributed by atoms with Gasteiger partial charge in [0.25, 0.3) is 0 Å². The highest BCUT2D eigenvalue weighted by Crippen LogP contribution is 2.47. The number of ketones is 1. The topological polar surface area (TPSA) is 26.3 Å². The van der Waals surface area contributed by atoms with Crippen LogP contribution in [0, 0.1) is 23.7 Å². The van der Waals surface area contributed by atoms with E-state index in [0.29, 0.717) is 35.9 Å². The Morgan fingerprint density at radius 2 is 2.07 bits per heavy atom. The van der Waals surface area contributed by atoms with Gasteiger partial charge in [-0.2, -0.15) is 0 Å². The minimum atomic E-state index is 0.189. The van der Waals surface area contributed by atoms with Crippen molar-refractivity contribution < 1.29 is 9.53 Å². The summed E-state index contributed by atoms with van der Waals surface area (Å²) in [5, 5.41) is 0. The van der Waals surface area contributed by atoms with Crippen LogP contribution in [0.5, 0.6) is 0 Å². The monoisotopic (exact) mass is 210 g/mol. The number of rotatable bonds is 2. The molecule has 2 nitrogen and oxygen atoms in total. The van der Waals surface area contributed by atoms with Crippen molar-refractivity contribution in [1.29, 1.82) is 0 Å². The molecule has 2 rings (SSSR count). The van der Waals surface area contributed by atoms with Gasteiger partial charge in [0.1, 0.15) is 5.78 Å². The molecule has 2 aliphatic carbocycles. The predicted octanol–water partition coefficient (Wildman–Crippen LogP) is 2.66. The van der Waals surface area contributed by atoms with Gasteiger partial charge in [-0.25, -0.2) is 0 Å². The van der Waals surface area contributed by atoms with Crippen molar-refractivity contribution in [1.82, 2.24) is 0 Å². The van der Waals surface area contributed by atoms with Crippen molar-refractivity contribution in [2.45, 2.75) is 46.1 Å². The molecule has 2 saturated carbocycles. The Balaban J connectivity index is 2.12. The van der Waals surface area contributed by atoms with Gasteiger partial charge in [-0.05, 0) is 37.5 Å². The first kappa shape index (κ1) is 11.1. The van der Waals surface area contributed by atoms with Crippen LogP contribution in [0.25, 0.3) is 0 Å². The van der Waals surface area contributed by atoms with Crippen molar-refractivity contribution in [2.75, 3.05) is 6.61 Å². The smallest absolute Gasteiger partial charge is 0.139 e. The van der Waals surface area contributed by atoms with Crippen LogP contribution in [0.3, 0.4) is 0 Å². The lowest BCUT2D eigenvalue weighted by atomic mass is 9.70. The van der Waals surface area contributed by atoms with Gasteiger partial charge in [0.2, 0.25) is 0 Å². The number of fused-ring (bicyclic) bond motifs is 1. The Morgan fingerprint density at radius 3 is 2.73 bits per heavy atom. The summed E-state index contributed by atoms with van der Waals surface area (Å²) in [6.45, 7) is 7.24. The van der Waals surface area contributed by atoms with Gasteiger partial charge >= 0.3 is 0 Å². The fourth-order valence-corrected chi connectivity index (χ4v) is 3.60. The second-order valence-electron chi connectivity index (χ2n) is 5.27. The number of Topliss-reactive ketones (excluding diaryl/α,β-unsaturated/α-hetero) is 1. The molecule has 0 radical (unpaired) electrons. The fourth-order valence-electron chi connectivity index (χ4n) is 3.60. The first-order valence-electron chi connectivity index (χ1n) is 6.29. The zero-order valence-electron chi connectivity index (χ0n) is 10.0. The van der Waals surface area contributed by atoms with E-state index in [2.05, 4.69) is 13.8 Å². The molecule has 0 heterocycles. The fraction of sp³-hybridized carbons (Fsp3) is 0.923. The number of hydrogen-bond donors (Lipinski definition) is 0. The van der Waals surface area contributed by atoms with Gasteiger partial charge in [0.05, 0.1) is 6.10 Å². The molecule has 0 aromatic rings. The van der Waals surface area contributed by atoms with Crippen LogP contribution in [-0.4, -0.2) is 18.5 Å². The van der Waals surface area contributed by atoms with Crippen LogP contribution in [0.4, 0.5) is 0 Å². The highest BCUT2D eigenvalue weighted by atomic mass is 16.5. The molecule has 5 atom stereocenters. The van der Waals surface area contributed by atoms with Crippen molar-refractivity contribution in [3.63, 3.8) is 0 Å². The molecule has 86 valence electrons. The van der Waals surface area contributed by atoms with E-state index in [1.807, 2.05) is 6.92 Å². The van der Waals surface area contributed by atoms with Crippen LogP contribution in [-0.2, 0) is 9.53 Å². The number of carbonyl (C=O) groups is 1. The molecule has 2 fully saturated rings. The SMILES string of the molecule is CCOC1CC(=O)[C@H]2C(C)CC[C@H]2C1C. The number of hydrogen-bond acceptors (Lipinski definition) is 2. The minimum absolute atomic E-state index is 0.189. The lowest BCUT2D eigenvalue weighted by Crippen LogP contribution is -2.42. The largest absolute Gasteiger partial charge is 0.378 e. The van der Waals surface area contributed by atoms with Gasteiger partial charge in [-0.1, -0.05) is 13.8 Å². The van der Waals surface area contributed by atoms with Crippen molar-refractivity contribution in [3.05, 3.63) is 0 Å². The molecule has 0 aliphatic heterocycles. The molecule has 0 spiro atoms. The maximum atomic E-state index is 12.0. The maximum Gasteiger partial charge on any atom is 0.139 e. The Morgan fingerprint density at radius 1 is 1.33 bits per heavy atom. The Bertz CT molecular complexity index is 249. The summed E-state index contributed by atoms with van der Waals surface area (Å²) in [4.78, 5) is 12.0. The van der Waals surface area contributed by atoms with Gasteiger partial charge < -0.3 is 4.74 Å². The van der Waals surface area contributed by atoms with Crippen LogP contribution < -0.4 is 0 Å². The molecular formula is C13H22O2. The third kappa shape index (κ3) is 1.84. The first-order chi connectivity index (χ1) is 7.15. The van der Waals surface area contributed by atoms with Crippen LogP contribution in [0.1, 0.15) is 40.0 Å². The third-order valence-electron chi connectivity index (χ3n) is 4.45. The molecule has 3 unspecified atom stereocenters. The summed E-state index contributed by atoms with van der Waals surface area (Å²) in [5.41, 5.74) is 0. The Hall–Kier alpha value is -0.370. The molecule has 0 bridgehead atoms. The van der Waals surface area contributed by atoms with Crippen LogP contribution in [0.15, 0.2) is 0 Å². The van der Waals surface area contributed by atoms with Crippen molar-refractivity contribution >= 4 is 5.78 Å². The Kier molecular flexibility index (Phi) is 3.15. The molecule has 0 amide bonds. The van der Waals surface area contributed by atoms with Gasteiger partial charge in [-0.3, -0.25) is 4.79 Å². The highest BCUT2D eigenvalue weighted by Gasteiger charge is 2.47. The lowest BCUT2D eigenvalue weighted by Gasteiger charge is -2.38. The minimum Gasteiger partial charge on any atom is -0.378 e. The number of carbonyl (C=O) groups excluding carboxylic acids is 1. The van der Waals surface area contributed by atoms with Crippen LogP contribution in [0.2, 0.25) is 0 Å². The third-order valence-corrected chi connectivity index (χ3v) is 4.45. The van der Waals surface area contributed by atoms with E-state index >= 15 is 0 Å². The molecule has 0 aromatic heterocycles. The van der Waals surface area contributed by atoms with E-state index in [-0.39, 0.29) is 6.10 Å². The second-order valence-corrected chi connectivity index (χ2v) is 5.27. The molecule has 0 N–H and O–H groups in total. The molecular weight excluding hydrogens is 188 g/mol. The standard InChI is InChI=1S/C13H22O2/c1-4-15-12-7-11(14)13-8(2)5-6-10(13)9(12)3/h8-10,12-13H,4-7H2,1-3H3/t8?,9?,10-,12?,13-/m0/s1. The lowest BCUT2D eigenvalue weighted by molar-refractivity contribution is -0.137. The summed E-state index contributed by atoms with van der Waals surface area (Å²) < 4.78 is 5.69. The summed E-state index contributed by atoms with van der Waals surface area (Å²) in [7, 11) is 0. The zero-order valence-corrected chi connectivity index (χ0v) is 10.0. The molecule has 15 heavy (non-hydrogen) atoms. The van der Waals surface area contributed by atoms with Gasteiger partial charge in [-0.15, -0.1) is 0 Å².